The summed E-state index contributed by atoms with van der Waals surface area (Å²) in [5.41, 5.74) is 8.36. The number of hydrogen-bond donors (Lipinski definition) is 2. The van der Waals surface area contributed by atoms with Gasteiger partial charge in [0.05, 0.1) is 12.1 Å². The van der Waals surface area contributed by atoms with Crippen molar-refractivity contribution in [1.82, 2.24) is 19.8 Å². The zero-order valence-corrected chi connectivity index (χ0v) is 23.6. The number of likely N-dealkylation sites (N-methyl/N-ethyl adjacent to an activating group) is 2. The molecule has 206 valence electrons. The van der Waals surface area contributed by atoms with E-state index in [2.05, 4.69) is 64.1 Å². The largest absolute Gasteiger partial charge is 0.369 e. The molecule has 1 saturated heterocycles. The van der Waals surface area contributed by atoms with E-state index < -0.39 is 0 Å². The number of aromatic nitrogens is 2. The number of benzene rings is 2. The third kappa shape index (κ3) is 5.62. The first-order chi connectivity index (χ1) is 19.2. The minimum Gasteiger partial charge on any atom is -0.369 e. The number of aromatic amines is 1. The smallest absolute Gasteiger partial charge is 0.247 e. The Hall–Kier alpha value is -4.43. The molecule has 5 rings (SSSR count). The molecule has 8 heteroatoms. The molecule has 2 amide bonds. The lowest BCUT2D eigenvalue weighted by Crippen LogP contribution is -2.44. The number of piperazine rings is 1. The van der Waals surface area contributed by atoms with Crippen LogP contribution in [0.1, 0.15) is 11.1 Å². The molecule has 0 bridgehead atoms. The van der Waals surface area contributed by atoms with Crippen molar-refractivity contribution in [3.05, 3.63) is 78.5 Å². The molecule has 1 aliphatic heterocycles. The van der Waals surface area contributed by atoms with Crippen molar-refractivity contribution in [2.24, 2.45) is 0 Å². The van der Waals surface area contributed by atoms with Crippen LogP contribution in [0.15, 0.2) is 67.4 Å². The zero-order valence-electron chi connectivity index (χ0n) is 23.6. The van der Waals surface area contributed by atoms with Gasteiger partial charge in [0, 0.05) is 68.8 Å². The van der Waals surface area contributed by atoms with Gasteiger partial charge in [-0.1, -0.05) is 30.8 Å². The lowest BCUT2D eigenvalue weighted by atomic mass is 9.96. The van der Waals surface area contributed by atoms with Crippen molar-refractivity contribution in [1.29, 1.82) is 0 Å². The van der Waals surface area contributed by atoms with Gasteiger partial charge in [0.25, 0.3) is 0 Å². The summed E-state index contributed by atoms with van der Waals surface area (Å²) in [5, 5.41) is 3.85. The second kappa shape index (κ2) is 11.4. The number of fused-ring (bicyclic) bond motifs is 1. The molecule has 1 fully saturated rings. The Balaban J connectivity index is 1.61. The summed E-state index contributed by atoms with van der Waals surface area (Å²) in [6.07, 6.45) is 3.29. The van der Waals surface area contributed by atoms with Crippen LogP contribution in [0.2, 0.25) is 0 Å². The lowest BCUT2D eigenvalue weighted by molar-refractivity contribution is -0.128. The van der Waals surface area contributed by atoms with Crippen molar-refractivity contribution in [2.75, 3.05) is 57.5 Å². The molecule has 0 unspecified atom stereocenters. The zero-order chi connectivity index (χ0) is 28.4. The third-order valence-corrected chi connectivity index (χ3v) is 7.56. The molecule has 0 radical (unpaired) electrons. The Morgan fingerprint density at radius 2 is 1.75 bits per heavy atom. The first-order valence-electron chi connectivity index (χ1n) is 13.5. The average Bonchev–Trinajstić information content (AvgIpc) is 3.33. The second-order valence-electron chi connectivity index (χ2n) is 10.6. The number of nitrogens with zero attached hydrogens (tertiary/aromatic N) is 4. The quantitative estimate of drug-likeness (QED) is 0.334. The van der Waals surface area contributed by atoms with Gasteiger partial charge in [-0.05, 0) is 66.6 Å². The lowest BCUT2D eigenvalue weighted by Gasteiger charge is -2.34. The van der Waals surface area contributed by atoms with Crippen LogP contribution in [0.4, 0.5) is 11.4 Å². The highest BCUT2D eigenvalue weighted by Crippen LogP contribution is 2.40. The van der Waals surface area contributed by atoms with E-state index in [0.29, 0.717) is 0 Å². The standard InChI is InChI=1S/C32H36N6O2/c1-6-28(39)34-27-19-24(8-7-21(27)2)30-26-17-22(18-29(40)36(3)4)20-33-32(26)35-31(30)23-9-11-25(12-10-23)38-15-13-37(5)14-16-38/h6-12,17,19-20H,1,13-16,18H2,2-5H3,(H,33,35)(H,34,39). The number of H-pyrrole nitrogens is 1. The number of nitrogens with one attached hydrogen (secondary N) is 2. The van der Waals surface area contributed by atoms with E-state index in [1.54, 1.807) is 25.2 Å². The van der Waals surface area contributed by atoms with Gasteiger partial charge in [-0.15, -0.1) is 0 Å². The number of rotatable bonds is 7. The number of anilines is 2. The average molecular weight is 537 g/mol. The second-order valence-corrected chi connectivity index (χ2v) is 10.6. The van der Waals surface area contributed by atoms with Gasteiger partial charge in [-0.25, -0.2) is 4.98 Å². The fraction of sp³-hybridized carbons (Fsp3) is 0.281. The first-order valence-corrected chi connectivity index (χ1v) is 13.5. The van der Waals surface area contributed by atoms with Crippen LogP contribution >= 0.6 is 0 Å². The minimum absolute atomic E-state index is 0.0164. The molecule has 0 spiro atoms. The summed E-state index contributed by atoms with van der Waals surface area (Å²) >= 11 is 0. The molecule has 1 aliphatic rings. The van der Waals surface area contributed by atoms with Crippen LogP contribution in [-0.2, 0) is 16.0 Å². The summed E-state index contributed by atoms with van der Waals surface area (Å²) in [5.74, 6) is -0.243. The molecule has 0 atom stereocenters. The summed E-state index contributed by atoms with van der Waals surface area (Å²) in [4.78, 5) is 39.2. The monoisotopic (exact) mass is 536 g/mol. The Morgan fingerprint density at radius 1 is 1.05 bits per heavy atom. The normalized spacial score (nSPS) is 13.8. The van der Waals surface area contributed by atoms with Gasteiger partial charge in [0.15, 0.2) is 0 Å². The minimum atomic E-state index is -0.259. The Bertz CT molecular complexity index is 1560. The van der Waals surface area contributed by atoms with Crippen LogP contribution < -0.4 is 10.2 Å². The topological polar surface area (TPSA) is 84.6 Å². The van der Waals surface area contributed by atoms with Gasteiger partial charge in [0.1, 0.15) is 5.65 Å². The van der Waals surface area contributed by atoms with Crippen molar-refractivity contribution < 1.29 is 9.59 Å². The maximum absolute atomic E-state index is 12.5. The number of amides is 2. The molecule has 8 nitrogen and oxygen atoms in total. The van der Waals surface area contributed by atoms with Crippen molar-refractivity contribution in [3.8, 4) is 22.4 Å². The predicted molar refractivity (Wildman–Crippen MR) is 163 cm³/mol. The van der Waals surface area contributed by atoms with Gasteiger partial charge in [-0.3, -0.25) is 9.59 Å². The van der Waals surface area contributed by atoms with E-state index in [1.807, 2.05) is 25.1 Å². The Labute approximate surface area is 235 Å². The maximum Gasteiger partial charge on any atom is 0.247 e. The van der Waals surface area contributed by atoms with E-state index in [4.69, 9.17) is 4.98 Å². The molecular weight excluding hydrogens is 500 g/mol. The first kappa shape index (κ1) is 27.1. The molecule has 3 heterocycles. The number of carbonyl (C=O) groups excluding carboxylic acids is 2. The van der Waals surface area contributed by atoms with Crippen LogP contribution in [0.3, 0.4) is 0 Å². The van der Waals surface area contributed by atoms with Crippen molar-refractivity contribution in [3.63, 3.8) is 0 Å². The van der Waals surface area contributed by atoms with E-state index in [1.165, 1.54) is 11.8 Å². The van der Waals surface area contributed by atoms with Gasteiger partial charge >= 0.3 is 0 Å². The summed E-state index contributed by atoms with van der Waals surface area (Å²) < 4.78 is 0. The molecule has 2 N–H and O–H groups in total. The molecule has 2 aromatic heterocycles. The maximum atomic E-state index is 12.5. The SMILES string of the molecule is C=CC(=O)Nc1cc(-c2c(-c3ccc(N4CCN(C)CC4)cc3)[nH]c3ncc(CC(=O)N(C)C)cc23)ccc1C. The van der Waals surface area contributed by atoms with Crippen LogP contribution in [0.5, 0.6) is 0 Å². The molecular formula is C32H36N6O2. The third-order valence-electron chi connectivity index (χ3n) is 7.56. The van der Waals surface area contributed by atoms with Gasteiger partial charge in [-0.2, -0.15) is 0 Å². The van der Waals surface area contributed by atoms with E-state index >= 15 is 0 Å². The van der Waals surface area contributed by atoms with E-state index in [-0.39, 0.29) is 18.2 Å². The van der Waals surface area contributed by atoms with Gasteiger partial charge < -0.3 is 25.0 Å². The molecule has 40 heavy (non-hydrogen) atoms. The summed E-state index contributed by atoms with van der Waals surface area (Å²) in [6, 6.07) is 16.7. The Kier molecular flexibility index (Phi) is 7.71. The summed E-state index contributed by atoms with van der Waals surface area (Å²) in [6.45, 7) is 9.66. The van der Waals surface area contributed by atoms with Crippen LogP contribution in [0, 0.1) is 6.92 Å². The number of carbonyl (C=O) groups is 2. The highest BCUT2D eigenvalue weighted by Gasteiger charge is 2.20. The van der Waals surface area contributed by atoms with Crippen molar-refractivity contribution in [2.45, 2.75) is 13.3 Å². The van der Waals surface area contributed by atoms with Crippen LogP contribution in [-0.4, -0.2) is 78.9 Å². The highest BCUT2D eigenvalue weighted by molar-refractivity contribution is 6.05. The Morgan fingerprint density at radius 3 is 2.42 bits per heavy atom. The number of hydrogen-bond acceptors (Lipinski definition) is 5. The summed E-state index contributed by atoms with van der Waals surface area (Å²) in [7, 11) is 5.67. The number of pyridine rings is 1. The fourth-order valence-electron chi connectivity index (χ4n) is 5.06. The van der Waals surface area contributed by atoms with Crippen LogP contribution in [0.25, 0.3) is 33.4 Å². The molecule has 2 aromatic carbocycles. The van der Waals surface area contributed by atoms with E-state index in [9.17, 15) is 9.59 Å². The fourth-order valence-corrected chi connectivity index (χ4v) is 5.06. The van der Waals surface area contributed by atoms with Crippen molar-refractivity contribution >= 4 is 34.2 Å². The van der Waals surface area contributed by atoms with E-state index in [0.717, 1.165) is 76.4 Å². The number of aryl methyl sites for hydroxylation is 1. The predicted octanol–water partition coefficient (Wildman–Crippen LogP) is 4.71. The molecule has 0 saturated carbocycles. The molecule has 0 aliphatic carbocycles. The highest BCUT2D eigenvalue weighted by atomic mass is 16.2. The molecule has 4 aromatic rings. The van der Waals surface area contributed by atoms with Gasteiger partial charge in [0.2, 0.25) is 11.8 Å².